The highest BCUT2D eigenvalue weighted by Crippen LogP contribution is 2.42. The molecule has 0 spiro atoms. The van der Waals surface area contributed by atoms with E-state index in [1.165, 1.54) is 13.8 Å². The van der Waals surface area contributed by atoms with E-state index in [1.807, 2.05) is 0 Å². The molecule has 54 atom stereocenters. The quantitative estimate of drug-likeness (QED) is 0.0275. The summed E-state index contributed by atoms with van der Waals surface area (Å²) >= 11 is 0. The number of ether oxygens (including phenoxy) is 20. The van der Waals surface area contributed by atoms with Crippen LogP contribution < -0.4 is 21.3 Å². The number of carbonyl (C=O) groups excluding carboxylic acids is 4. The van der Waals surface area contributed by atoms with E-state index >= 15 is 0 Å². The average Bonchev–Trinajstić information content (AvgIpc) is 0.766. The van der Waals surface area contributed by atoms with Crippen molar-refractivity contribution in [2.24, 2.45) is 0 Å². The van der Waals surface area contributed by atoms with E-state index in [4.69, 9.17) is 94.7 Å². The van der Waals surface area contributed by atoms with Gasteiger partial charge in [-0.2, -0.15) is 0 Å². The first-order valence-electron chi connectivity index (χ1n) is 42.3. The molecule has 0 aromatic heterocycles. The first kappa shape index (κ1) is 110. The summed E-state index contributed by atoms with van der Waals surface area (Å²) in [6.07, 6.45) is -106. The van der Waals surface area contributed by atoms with Crippen LogP contribution in [0, 0.1) is 0 Å². The predicted octanol–water partition coefficient (Wildman–Crippen LogP) is -22.7. The second kappa shape index (κ2) is 48.4. The summed E-state index contributed by atoms with van der Waals surface area (Å²) in [5.41, 5.74) is 0. The fraction of sp³-hybridized carbons (Fsp3) is 0.946. The molecule has 0 aromatic carbocycles. The van der Waals surface area contributed by atoms with Crippen molar-refractivity contribution in [3.8, 4) is 0 Å². The highest BCUT2D eigenvalue weighted by atomic mass is 16.8. The van der Waals surface area contributed by atoms with E-state index in [1.54, 1.807) is 0 Å². The van der Waals surface area contributed by atoms with Gasteiger partial charge in [-0.1, -0.05) is 0 Å². The third-order valence-corrected chi connectivity index (χ3v) is 24.2. The number of carbonyl (C=O) groups is 4. The van der Waals surface area contributed by atoms with Gasteiger partial charge in [0.1, 0.15) is 250 Å². The van der Waals surface area contributed by atoms with Crippen LogP contribution in [0.2, 0.25) is 0 Å². The van der Waals surface area contributed by atoms with E-state index in [-0.39, 0.29) is 0 Å². The van der Waals surface area contributed by atoms with Crippen LogP contribution in [0.15, 0.2) is 0 Å². The van der Waals surface area contributed by atoms with Crippen molar-refractivity contribution in [1.29, 1.82) is 0 Å². The van der Waals surface area contributed by atoms with Crippen molar-refractivity contribution in [2.75, 3.05) is 66.1 Å². The van der Waals surface area contributed by atoms with Crippen LogP contribution in [0.3, 0.4) is 0 Å². The van der Waals surface area contributed by atoms with Gasteiger partial charge in [0, 0.05) is 27.7 Å². The zero-order valence-electron chi connectivity index (χ0n) is 71.5. The lowest BCUT2D eigenvalue weighted by atomic mass is 9.94. The maximum atomic E-state index is 13.2. The predicted molar refractivity (Wildman–Crippen MR) is 408 cm³/mol. The van der Waals surface area contributed by atoms with Crippen LogP contribution in [0.5, 0.6) is 0 Å². The number of hydrogen-bond acceptors (Lipinski definition) is 54. The average molecular weight is 1940 g/mol. The Morgan fingerprint density at radius 2 is 0.561 bits per heavy atom. The Bertz CT molecular complexity index is 3560. The van der Waals surface area contributed by atoms with Crippen LogP contribution in [-0.4, -0.2) is 574 Å². The maximum absolute atomic E-state index is 13.2. The molecule has 4 amide bonds. The van der Waals surface area contributed by atoms with Gasteiger partial charge in [0.25, 0.3) is 0 Å². The Morgan fingerprint density at radius 3 is 0.894 bits per heavy atom. The van der Waals surface area contributed by atoms with E-state index in [9.17, 15) is 172 Å². The van der Waals surface area contributed by atoms with Gasteiger partial charge in [0.2, 0.25) is 23.6 Å². The van der Waals surface area contributed by atoms with Gasteiger partial charge < -0.3 is 269 Å². The molecular formula is C74H126N4O54. The molecule has 0 radical (unpaired) electrons. The Morgan fingerprint density at radius 1 is 0.273 bits per heavy atom. The summed E-state index contributed by atoms with van der Waals surface area (Å²) in [6, 6.07) is -7.82. The van der Waals surface area contributed by atoms with E-state index < -0.39 is 421 Å². The first-order chi connectivity index (χ1) is 62.4. The molecule has 10 rings (SSSR count). The molecule has 10 aliphatic rings. The minimum Gasteiger partial charge on any atom is -0.394 e. The molecule has 58 nitrogen and oxygen atoms in total. The summed E-state index contributed by atoms with van der Waals surface area (Å²) in [6.45, 7) is -5.64. The summed E-state index contributed by atoms with van der Waals surface area (Å²) < 4.78 is 120. The second-order valence-corrected chi connectivity index (χ2v) is 33.5. The highest BCUT2D eigenvalue weighted by molar-refractivity contribution is 5.74. The van der Waals surface area contributed by atoms with Gasteiger partial charge in [0.05, 0.1) is 84.3 Å². The van der Waals surface area contributed by atoms with E-state index in [0.717, 1.165) is 27.7 Å². The second-order valence-electron chi connectivity index (χ2n) is 33.5. The smallest absolute Gasteiger partial charge is 0.217 e. The van der Waals surface area contributed by atoms with Crippen LogP contribution in [0.4, 0.5) is 0 Å². The molecular weight excluding hydrogens is 1810 g/mol. The van der Waals surface area contributed by atoms with Crippen LogP contribution in [-0.2, 0) is 114 Å². The minimum atomic E-state index is -2.67. The fourth-order valence-corrected chi connectivity index (χ4v) is 16.9. The molecule has 766 valence electrons. The van der Waals surface area contributed by atoms with Crippen LogP contribution in [0.1, 0.15) is 41.5 Å². The lowest BCUT2D eigenvalue weighted by Gasteiger charge is -2.51. The van der Waals surface area contributed by atoms with Gasteiger partial charge in [-0.3, -0.25) is 19.2 Å². The summed E-state index contributed by atoms with van der Waals surface area (Å²) in [5, 5.41) is 346. The number of aliphatic hydroxyl groups is 30. The van der Waals surface area contributed by atoms with Crippen molar-refractivity contribution >= 4 is 23.6 Å². The molecule has 0 aromatic rings. The zero-order valence-corrected chi connectivity index (χ0v) is 71.5. The Kier molecular flexibility index (Phi) is 40.3. The van der Waals surface area contributed by atoms with Crippen molar-refractivity contribution in [3.05, 3.63) is 0 Å². The molecule has 0 saturated carbocycles. The molecule has 0 unspecified atom stereocenters. The molecule has 10 aliphatic heterocycles. The van der Waals surface area contributed by atoms with Gasteiger partial charge in [0.15, 0.2) is 62.9 Å². The molecule has 10 fully saturated rings. The highest BCUT2D eigenvalue weighted by Gasteiger charge is 2.63. The topological polar surface area (TPSA) is 908 Å². The Labute approximate surface area is 748 Å². The lowest BCUT2D eigenvalue weighted by Crippen LogP contribution is -2.70. The molecule has 58 heteroatoms. The first-order valence-corrected chi connectivity index (χ1v) is 42.3. The minimum absolute atomic E-state index is 0.835. The van der Waals surface area contributed by atoms with Crippen LogP contribution >= 0.6 is 0 Å². The maximum Gasteiger partial charge on any atom is 0.217 e. The molecule has 0 aliphatic carbocycles. The number of aliphatic hydroxyl groups excluding tert-OH is 30. The van der Waals surface area contributed by atoms with E-state index in [2.05, 4.69) is 21.3 Å². The monoisotopic (exact) mass is 1930 g/mol. The normalized spacial score (nSPS) is 47.8. The number of rotatable bonds is 37. The van der Waals surface area contributed by atoms with Crippen molar-refractivity contribution in [3.63, 3.8) is 0 Å². The standard InChI is InChI=1S/C74H126N4O54/c1-17-36(93)47(104)53(110)68(114-17)131-63-51(108)41(98)26(10-82)117-72(63)126-58-30(14-86)121-66(34(45(58)102)77-21(5)90)129-61-49(106)39(96)25(9-81)116-71(61)113-16-32-43(100)60(55(112)70(123-32)125-57-29(13-85)120-65(33(44(57)101)76-20(4)89)124-56(24(92)8-80)38(95)23(7-79)75-19(3)88)128-74-62(50(107)40(97)28(12-84)119-74)130-67-35(78-22(6)91)46(103)59(31(15-87)122-67)127-73-64(52(109)42(99)27(11-83)118-73)132-69-54(111)48(105)37(94)18(2)115-69/h17-18,23-74,79-87,92-112H,7-16H2,1-6H3,(H,75,88)(H,76,89)(H,77,90)(H,78,91)/t17-,18-,23-,24+,25+,26+,27+,28+,29+,30+,31+,32+,33+,34+,35+,36+,37+,38+,39+,40+,41-,42-,43+,44+,45+,46+,47+,48+,49-,50-,51-,52-,53-,54-,55-,56+,57+,58+,59+,60-,61-,62-,63+,64+,65-,66-,67-,68-,69-,70-,71-,72-,73-,74+/m0/s1. The Balaban J connectivity index is 0.983. The summed E-state index contributed by atoms with van der Waals surface area (Å²) in [7, 11) is 0. The number of amides is 4. The Hall–Kier alpha value is -4.12. The number of nitrogens with one attached hydrogen (secondary N) is 4. The van der Waals surface area contributed by atoms with Crippen molar-refractivity contribution < 1.29 is 267 Å². The van der Waals surface area contributed by atoms with Crippen molar-refractivity contribution in [2.45, 2.75) is 373 Å². The SMILES string of the molecule is CC(=O)N[C@H]1[C@H](O[C@@H]([C@H](O)[C@H](CO)NC(C)=O)[C@H](O)CO)O[C@H](CO)[C@@H](O[C@@H]2O[C@H](CO[C@H]3O[C@H](CO)[C@@H](O)[C@H](O)[C@@H]3O[C@@H]3O[C@H](CO)[C@@H](O[C@@H]4O[C@H](CO)[C@H](O)[C@H](O)[C@H]4O[C@@H]4O[C@@H](C)[C@@H](O)[C@@H](O)[C@@H]4O)[C@H](O)[C@H]3NC(C)=O)[C@@H](O)[C@H](O[C@H]3O[C@H](CO)[C@@H](O)[C@H](O)[C@@H]3O[C@@H]3O[C@H](CO)[C@@H](O[C@@H]4O[C@H](CO)[C@H](O)[C@H](O)[C@H]4O[C@@H]4O[C@@H](C)[C@@H](O)[C@@H](O)[C@@H]4O)[C@H](O)[C@H]3NC(C)=O)[C@@H]2O)[C@@H]1O. The van der Waals surface area contributed by atoms with Crippen LogP contribution in [0.25, 0.3) is 0 Å². The largest absolute Gasteiger partial charge is 0.394 e. The molecule has 10 saturated heterocycles. The number of hydrogen-bond donors (Lipinski definition) is 34. The molecule has 0 bridgehead atoms. The molecule has 10 heterocycles. The molecule has 34 N–H and O–H groups in total. The van der Waals surface area contributed by atoms with Gasteiger partial charge in [-0.25, -0.2) is 0 Å². The zero-order chi connectivity index (χ0) is 97.5. The van der Waals surface area contributed by atoms with Crippen molar-refractivity contribution in [1.82, 2.24) is 21.3 Å². The van der Waals surface area contributed by atoms with Gasteiger partial charge in [-0.15, -0.1) is 0 Å². The van der Waals surface area contributed by atoms with Gasteiger partial charge in [-0.05, 0) is 13.8 Å². The lowest BCUT2D eigenvalue weighted by molar-refractivity contribution is -0.402. The summed E-state index contributed by atoms with van der Waals surface area (Å²) in [4.78, 5) is 51.7. The van der Waals surface area contributed by atoms with Gasteiger partial charge >= 0.3 is 0 Å². The molecule has 132 heavy (non-hydrogen) atoms. The third-order valence-electron chi connectivity index (χ3n) is 24.2. The third kappa shape index (κ3) is 24.5. The summed E-state index contributed by atoms with van der Waals surface area (Å²) in [5.74, 6) is -3.88. The van der Waals surface area contributed by atoms with E-state index in [0.29, 0.717) is 0 Å². The fourth-order valence-electron chi connectivity index (χ4n) is 16.9.